The van der Waals surface area contributed by atoms with E-state index in [1.54, 1.807) is 25.3 Å². The summed E-state index contributed by atoms with van der Waals surface area (Å²) in [6.45, 7) is 0.318. The Morgan fingerprint density at radius 3 is 2.71 bits per heavy atom. The highest BCUT2D eigenvalue weighted by Crippen LogP contribution is 2.29. The molecule has 0 spiro atoms. The van der Waals surface area contributed by atoms with Gasteiger partial charge in [-0.15, -0.1) is 0 Å². The lowest BCUT2D eigenvalue weighted by molar-refractivity contribution is 0.296. The Morgan fingerprint density at radius 1 is 1.29 bits per heavy atom. The van der Waals surface area contributed by atoms with Crippen molar-refractivity contribution < 1.29 is 9.47 Å². The highest BCUT2D eigenvalue weighted by molar-refractivity contribution is 9.10. The number of thiocarbonyl (C=S) groups is 1. The fraction of sp³-hybridized carbons (Fsp3) is 0.133. The summed E-state index contributed by atoms with van der Waals surface area (Å²) < 4.78 is 12.1. The topological polar surface area (TPSA) is 44.5 Å². The SMILES string of the molecule is COc1ccc(Br)cc1COc1cccc(Cl)c1C(N)=S. The van der Waals surface area contributed by atoms with Crippen LogP contribution in [0.4, 0.5) is 0 Å². The molecule has 0 heterocycles. The summed E-state index contributed by atoms with van der Waals surface area (Å²) in [6.07, 6.45) is 0. The van der Waals surface area contributed by atoms with Gasteiger partial charge in [-0.25, -0.2) is 0 Å². The molecule has 0 aliphatic carbocycles. The average molecular weight is 387 g/mol. The Kier molecular flexibility index (Phi) is 5.45. The van der Waals surface area contributed by atoms with Crippen LogP contribution in [-0.4, -0.2) is 12.1 Å². The molecule has 0 fully saturated rings. The zero-order valence-electron chi connectivity index (χ0n) is 11.2. The van der Waals surface area contributed by atoms with Crippen molar-refractivity contribution in [2.75, 3.05) is 7.11 Å². The van der Waals surface area contributed by atoms with Crippen LogP contribution in [0.15, 0.2) is 40.9 Å². The fourth-order valence-corrected chi connectivity index (χ4v) is 2.82. The van der Waals surface area contributed by atoms with Crippen LogP contribution >= 0.6 is 39.7 Å². The van der Waals surface area contributed by atoms with E-state index >= 15 is 0 Å². The van der Waals surface area contributed by atoms with Gasteiger partial charge in [0.05, 0.1) is 17.7 Å². The van der Waals surface area contributed by atoms with Crippen molar-refractivity contribution in [3.05, 3.63) is 57.0 Å². The van der Waals surface area contributed by atoms with Gasteiger partial charge in [0.25, 0.3) is 0 Å². The van der Waals surface area contributed by atoms with E-state index in [1.165, 1.54) is 0 Å². The standard InChI is InChI=1S/C15H13BrClNO2S/c1-19-12-6-5-10(16)7-9(12)8-20-13-4-2-3-11(17)14(13)15(18)21/h2-7H,8H2,1H3,(H2,18,21). The van der Waals surface area contributed by atoms with E-state index in [0.29, 0.717) is 22.9 Å². The summed E-state index contributed by atoms with van der Waals surface area (Å²) in [5.41, 5.74) is 7.15. The second-order valence-electron chi connectivity index (χ2n) is 4.22. The quantitative estimate of drug-likeness (QED) is 0.777. The van der Waals surface area contributed by atoms with Crippen LogP contribution in [0, 0.1) is 0 Å². The van der Waals surface area contributed by atoms with Gasteiger partial charge >= 0.3 is 0 Å². The summed E-state index contributed by atoms with van der Waals surface area (Å²) in [6, 6.07) is 11.0. The van der Waals surface area contributed by atoms with Crippen molar-refractivity contribution in [2.24, 2.45) is 5.73 Å². The molecule has 2 N–H and O–H groups in total. The van der Waals surface area contributed by atoms with Crippen LogP contribution in [0.1, 0.15) is 11.1 Å². The molecule has 3 nitrogen and oxygen atoms in total. The molecule has 2 rings (SSSR count). The number of benzene rings is 2. The number of hydrogen-bond donors (Lipinski definition) is 1. The highest BCUT2D eigenvalue weighted by Gasteiger charge is 2.12. The third kappa shape index (κ3) is 3.87. The number of rotatable bonds is 5. The predicted molar refractivity (Wildman–Crippen MR) is 92.4 cm³/mol. The molecule has 0 radical (unpaired) electrons. The van der Waals surface area contributed by atoms with E-state index < -0.39 is 0 Å². The maximum absolute atomic E-state index is 6.11. The molecule has 0 aliphatic heterocycles. The molecule has 0 aliphatic rings. The van der Waals surface area contributed by atoms with Crippen molar-refractivity contribution in [3.63, 3.8) is 0 Å². The molecular formula is C15H13BrClNO2S. The molecule has 0 bridgehead atoms. The van der Waals surface area contributed by atoms with E-state index in [4.69, 9.17) is 39.0 Å². The molecule has 110 valence electrons. The molecule has 0 atom stereocenters. The monoisotopic (exact) mass is 385 g/mol. The van der Waals surface area contributed by atoms with Gasteiger partial charge in [-0.1, -0.05) is 45.8 Å². The minimum atomic E-state index is 0.205. The van der Waals surface area contributed by atoms with Gasteiger partial charge in [-0.2, -0.15) is 0 Å². The molecule has 0 aromatic heterocycles. The zero-order chi connectivity index (χ0) is 15.4. The summed E-state index contributed by atoms with van der Waals surface area (Å²) in [4.78, 5) is 0.205. The van der Waals surface area contributed by atoms with Crippen LogP contribution < -0.4 is 15.2 Å². The third-order valence-electron chi connectivity index (χ3n) is 2.85. The first-order valence-electron chi connectivity index (χ1n) is 6.06. The zero-order valence-corrected chi connectivity index (χ0v) is 14.4. The molecule has 0 amide bonds. The first kappa shape index (κ1) is 16.1. The van der Waals surface area contributed by atoms with Crippen LogP contribution in [0.2, 0.25) is 5.02 Å². The summed E-state index contributed by atoms with van der Waals surface area (Å²) in [7, 11) is 1.62. The maximum Gasteiger partial charge on any atom is 0.131 e. The van der Waals surface area contributed by atoms with Gasteiger partial charge in [0.1, 0.15) is 23.1 Å². The Bertz CT molecular complexity index is 679. The number of ether oxygens (including phenoxy) is 2. The lowest BCUT2D eigenvalue weighted by atomic mass is 10.2. The molecule has 0 saturated carbocycles. The molecular weight excluding hydrogens is 374 g/mol. The smallest absolute Gasteiger partial charge is 0.131 e. The Balaban J connectivity index is 2.27. The van der Waals surface area contributed by atoms with Crippen molar-refractivity contribution in [1.82, 2.24) is 0 Å². The van der Waals surface area contributed by atoms with Crippen LogP contribution in [0.5, 0.6) is 11.5 Å². The Morgan fingerprint density at radius 2 is 2.05 bits per heavy atom. The van der Waals surface area contributed by atoms with Crippen LogP contribution in [-0.2, 0) is 6.61 Å². The normalized spacial score (nSPS) is 10.2. The average Bonchev–Trinajstić information content (AvgIpc) is 2.44. The maximum atomic E-state index is 6.11. The number of hydrogen-bond acceptors (Lipinski definition) is 3. The van der Waals surface area contributed by atoms with Crippen molar-refractivity contribution in [3.8, 4) is 11.5 Å². The minimum absolute atomic E-state index is 0.205. The molecule has 21 heavy (non-hydrogen) atoms. The van der Waals surface area contributed by atoms with Gasteiger partial charge in [0.15, 0.2) is 0 Å². The van der Waals surface area contributed by atoms with Crippen molar-refractivity contribution >= 4 is 44.7 Å². The van der Waals surface area contributed by atoms with Gasteiger partial charge in [-0.05, 0) is 30.3 Å². The second kappa shape index (κ2) is 7.11. The van der Waals surface area contributed by atoms with E-state index in [0.717, 1.165) is 15.8 Å². The molecule has 0 saturated heterocycles. The van der Waals surface area contributed by atoms with Gasteiger partial charge < -0.3 is 15.2 Å². The molecule has 2 aromatic rings. The Labute approximate surface area is 142 Å². The van der Waals surface area contributed by atoms with Crippen LogP contribution in [0.3, 0.4) is 0 Å². The summed E-state index contributed by atoms with van der Waals surface area (Å²) in [5, 5.41) is 0.473. The summed E-state index contributed by atoms with van der Waals surface area (Å²) >= 11 is 14.6. The molecule has 6 heteroatoms. The molecule has 2 aromatic carbocycles. The predicted octanol–water partition coefficient (Wildman–Crippen LogP) is 4.32. The first-order chi connectivity index (χ1) is 10.0. The van der Waals surface area contributed by atoms with Gasteiger partial charge in [0.2, 0.25) is 0 Å². The van der Waals surface area contributed by atoms with E-state index in [1.807, 2.05) is 18.2 Å². The van der Waals surface area contributed by atoms with Gasteiger partial charge in [-0.3, -0.25) is 0 Å². The third-order valence-corrected chi connectivity index (χ3v) is 3.86. The van der Waals surface area contributed by atoms with E-state index in [2.05, 4.69) is 15.9 Å². The largest absolute Gasteiger partial charge is 0.496 e. The highest BCUT2D eigenvalue weighted by atomic mass is 79.9. The number of halogens is 2. The number of methoxy groups -OCH3 is 1. The fourth-order valence-electron chi connectivity index (χ4n) is 1.88. The van der Waals surface area contributed by atoms with Gasteiger partial charge in [0, 0.05) is 10.0 Å². The lowest BCUT2D eigenvalue weighted by Gasteiger charge is -2.14. The number of nitrogens with two attached hydrogens (primary N) is 1. The second-order valence-corrected chi connectivity index (χ2v) is 5.98. The van der Waals surface area contributed by atoms with E-state index in [-0.39, 0.29) is 4.99 Å². The Hall–Kier alpha value is -1.30. The van der Waals surface area contributed by atoms with Crippen molar-refractivity contribution in [1.29, 1.82) is 0 Å². The van der Waals surface area contributed by atoms with Crippen LogP contribution in [0.25, 0.3) is 0 Å². The van der Waals surface area contributed by atoms with E-state index in [9.17, 15) is 0 Å². The van der Waals surface area contributed by atoms with Crippen molar-refractivity contribution in [2.45, 2.75) is 6.61 Å². The first-order valence-corrected chi connectivity index (χ1v) is 7.64. The lowest BCUT2D eigenvalue weighted by Crippen LogP contribution is -2.12. The minimum Gasteiger partial charge on any atom is -0.496 e. The molecule has 0 unspecified atom stereocenters. The summed E-state index contributed by atoms with van der Waals surface area (Å²) in [5.74, 6) is 1.30.